The van der Waals surface area contributed by atoms with E-state index in [0.29, 0.717) is 6.54 Å². The predicted molar refractivity (Wildman–Crippen MR) is 73.0 cm³/mol. The second-order valence-corrected chi connectivity index (χ2v) is 6.89. The molecule has 1 fully saturated rings. The van der Waals surface area contributed by atoms with Crippen molar-refractivity contribution in [1.82, 2.24) is 4.31 Å². The summed E-state index contributed by atoms with van der Waals surface area (Å²) >= 11 is 5.85. The average Bonchev–Trinajstić information content (AvgIpc) is 2.82. The molecule has 1 aromatic rings. The third kappa shape index (κ3) is 2.57. The minimum absolute atomic E-state index is 0.0210. The van der Waals surface area contributed by atoms with E-state index in [1.165, 1.54) is 4.31 Å². The highest BCUT2D eigenvalue weighted by molar-refractivity contribution is 7.89. The molecule has 0 aromatic heterocycles. The van der Waals surface area contributed by atoms with Crippen LogP contribution in [0.25, 0.3) is 0 Å². The summed E-state index contributed by atoms with van der Waals surface area (Å²) in [6, 6.07) is 2.02. The van der Waals surface area contributed by atoms with Gasteiger partial charge in [-0.3, -0.25) is 0 Å². The maximum absolute atomic E-state index is 13.2. The Balaban J connectivity index is 2.48. The van der Waals surface area contributed by atoms with Gasteiger partial charge in [0.15, 0.2) is 0 Å². The molecule has 7 heteroatoms. The van der Waals surface area contributed by atoms with Gasteiger partial charge in [-0.1, -0.05) is 18.5 Å². The van der Waals surface area contributed by atoms with E-state index in [1.807, 2.05) is 6.92 Å². The van der Waals surface area contributed by atoms with E-state index in [4.69, 9.17) is 17.3 Å². The van der Waals surface area contributed by atoms with Crippen molar-refractivity contribution in [3.8, 4) is 0 Å². The highest BCUT2D eigenvalue weighted by Gasteiger charge is 2.35. The van der Waals surface area contributed by atoms with Gasteiger partial charge in [0, 0.05) is 12.6 Å². The minimum Gasteiger partial charge on any atom is -0.396 e. The Labute approximate surface area is 117 Å². The molecule has 1 heterocycles. The molecular formula is C12H16ClFN2O2S. The van der Waals surface area contributed by atoms with Gasteiger partial charge < -0.3 is 5.73 Å². The average molecular weight is 307 g/mol. The summed E-state index contributed by atoms with van der Waals surface area (Å²) < 4.78 is 39.8. The highest BCUT2D eigenvalue weighted by Crippen LogP contribution is 2.33. The van der Waals surface area contributed by atoms with E-state index in [-0.39, 0.29) is 21.6 Å². The van der Waals surface area contributed by atoms with Crippen molar-refractivity contribution in [3.05, 3.63) is 23.0 Å². The molecule has 0 spiro atoms. The Hall–Kier alpha value is -0.850. The molecule has 0 amide bonds. The van der Waals surface area contributed by atoms with Crippen LogP contribution in [0.4, 0.5) is 10.1 Å². The quantitative estimate of drug-likeness (QED) is 0.873. The fourth-order valence-corrected chi connectivity index (χ4v) is 4.70. The van der Waals surface area contributed by atoms with Crippen LogP contribution < -0.4 is 5.73 Å². The molecular weight excluding hydrogens is 291 g/mol. The number of nitrogen functional groups attached to an aromatic ring is 1. The van der Waals surface area contributed by atoms with Gasteiger partial charge in [-0.15, -0.1) is 0 Å². The zero-order chi connectivity index (χ0) is 14.2. The molecule has 2 N–H and O–H groups in total. The lowest BCUT2D eigenvalue weighted by Crippen LogP contribution is -2.35. The number of rotatable bonds is 3. The van der Waals surface area contributed by atoms with Gasteiger partial charge in [0.1, 0.15) is 10.7 Å². The van der Waals surface area contributed by atoms with Gasteiger partial charge in [-0.25, -0.2) is 12.8 Å². The summed E-state index contributed by atoms with van der Waals surface area (Å²) in [7, 11) is -3.72. The third-order valence-corrected chi connectivity index (χ3v) is 5.85. The standard InChI is InChI=1S/C12H16ClFN2O2S/c1-2-8-4-3-5-16(8)19(17,18)12-7-11(15)10(14)6-9(12)13/h6-8H,2-5,15H2,1H3. The van der Waals surface area contributed by atoms with Gasteiger partial charge in [-0.05, 0) is 31.4 Å². The topological polar surface area (TPSA) is 63.4 Å². The van der Waals surface area contributed by atoms with Gasteiger partial charge in [-0.2, -0.15) is 4.31 Å². The van der Waals surface area contributed by atoms with E-state index in [2.05, 4.69) is 0 Å². The fraction of sp³-hybridized carbons (Fsp3) is 0.500. The van der Waals surface area contributed by atoms with Crippen LogP contribution in [0.5, 0.6) is 0 Å². The third-order valence-electron chi connectivity index (χ3n) is 3.43. The molecule has 1 atom stereocenters. The van der Waals surface area contributed by atoms with Crippen LogP contribution in [0.3, 0.4) is 0 Å². The number of anilines is 1. The summed E-state index contributed by atoms with van der Waals surface area (Å²) in [5.41, 5.74) is 5.22. The number of halogens is 2. The number of hydrogen-bond donors (Lipinski definition) is 1. The number of hydrogen-bond acceptors (Lipinski definition) is 3. The normalized spacial score (nSPS) is 20.9. The molecule has 0 saturated carbocycles. The molecule has 1 saturated heterocycles. The first-order valence-electron chi connectivity index (χ1n) is 6.14. The Morgan fingerprint density at radius 1 is 1.53 bits per heavy atom. The van der Waals surface area contributed by atoms with E-state index in [1.54, 1.807) is 0 Å². The van der Waals surface area contributed by atoms with Crippen LogP contribution in [0.1, 0.15) is 26.2 Å². The molecule has 1 aromatic carbocycles. The minimum atomic E-state index is -3.72. The van der Waals surface area contributed by atoms with E-state index < -0.39 is 15.8 Å². The zero-order valence-electron chi connectivity index (χ0n) is 10.6. The van der Waals surface area contributed by atoms with Crippen molar-refractivity contribution in [3.63, 3.8) is 0 Å². The van der Waals surface area contributed by atoms with Gasteiger partial charge in [0.2, 0.25) is 10.0 Å². The first-order valence-corrected chi connectivity index (χ1v) is 7.96. The lowest BCUT2D eigenvalue weighted by molar-refractivity contribution is 0.379. The Bertz CT molecular complexity index is 592. The van der Waals surface area contributed by atoms with Gasteiger partial charge >= 0.3 is 0 Å². The van der Waals surface area contributed by atoms with E-state index >= 15 is 0 Å². The van der Waals surface area contributed by atoms with Gasteiger partial charge in [0.05, 0.1) is 10.7 Å². The van der Waals surface area contributed by atoms with Crippen molar-refractivity contribution in [1.29, 1.82) is 0 Å². The Morgan fingerprint density at radius 3 is 2.84 bits per heavy atom. The highest BCUT2D eigenvalue weighted by atomic mass is 35.5. The first kappa shape index (κ1) is 14.6. The first-order chi connectivity index (χ1) is 8.87. The zero-order valence-corrected chi connectivity index (χ0v) is 12.1. The maximum atomic E-state index is 13.2. The monoisotopic (exact) mass is 306 g/mol. The lowest BCUT2D eigenvalue weighted by atomic mass is 10.2. The Kier molecular flexibility index (Phi) is 4.03. The molecule has 1 aliphatic rings. The van der Waals surface area contributed by atoms with Crippen LogP contribution in [-0.2, 0) is 10.0 Å². The molecule has 1 unspecified atom stereocenters. The molecule has 106 valence electrons. The summed E-state index contributed by atoms with van der Waals surface area (Å²) in [6.45, 7) is 2.41. The fourth-order valence-electron chi connectivity index (χ4n) is 2.40. The van der Waals surface area contributed by atoms with Crippen molar-refractivity contribution < 1.29 is 12.8 Å². The number of nitrogens with zero attached hydrogens (tertiary/aromatic N) is 1. The number of sulfonamides is 1. The summed E-state index contributed by atoms with van der Waals surface area (Å²) in [4.78, 5) is -0.117. The molecule has 19 heavy (non-hydrogen) atoms. The van der Waals surface area contributed by atoms with Crippen molar-refractivity contribution in [2.24, 2.45) is 0 Å². The van der Waals surface area contributed by atoms with Crippen LogP contribution in [0, 0.1) is 5.82 Å². The van der Waals surface area contributed by atoms with Crippen molar-refractivity contribution in [2.75, 3.05) is 12.3 Å². The van der Waals surface area contributed by atoms with Crippen LogP contribution in [0.2, 0.25) is 5.02 Å². The van der Waals surface area contributed by atoms with Gasteiger partial charge in [0.25, 0.3) is 0 Å². The van der Waals surface area contributed by atoms with Crippen LogP contribution in [0.15, 0.2) is 17.0 Å². The van der Waals surface area contributed by atoms with Crippen LogP contribution >= 0.6 is 11.6 Å². The van der Waals surface area contributed by atoms with Crippen LogP contribution in [-0.4, -0.2) is 25.3 Å². The van der Waals surface area contributed by atoms with Crippen molar-refractivity contribution in [2.45, 2.75) is 37.1 Å². The number of benzene rings is 1. The van der Waals surface area contributed by atoms with E-state index in [9.17, 15) is 12.8 Å². The second-order valence-electron chi connectivity index (χ2n) is 4.62. The lowest BCUT2D eigenvalue weighted by Gasteiger charge is -2.23. The molecule has 2 rings (SSSR count). The van der Waals surface area contributed by atoms with E-state index in [0.717, 1.165) is 31.4 Å². The molecule has 0 bridgehead atoms. The second kappa shape index (κ2) is 5.26. The smallest absolute Gasteiger partial charge is 0.244 e. The Morgan fingerprint density at radius 2 is 2.21 bits per heavy atom. The SMILES string of the molecule is CCC1CCCN1S(=O)(=O)c1cc(N)c(F)cc1Cl. The predicted octanol–water partition coefficient (Wildman–Crippen LogP) is 2.62. The van der Waals surface area contributed by atoms with Crippen molar-refractivity contribution >= 4 is 27.3 Å². The summed E-state index contributed by atoms with van der Waals surface area (Å²) in [5.74, 6) is -0.711. The molecule has 0 radical (unpaired) electrons. The summed E-state index contributed by atoms with van der Waals surface area (Å²) in [5, 5.41) is -0.131. The molecule has 4 nitrogen and oxygen atoms in total. The largest absolute Gasteiger partial charge is 0.396 e. The number of nitrogens with two attached hydrogens (primary N) is 1. The molecule has 1 aliphatic heterocycles. The maximum Gasteiger partial charge on any atom is 0.244 e. The molecule has 0 aliphatic carbocycles. The summed E-state index contributed by atoms with van der Waals surface area (Å²) in [6.07, 6.45) is 2.41.